The molecule has 1 aliphatic rings. The van der Waals surface area contributed by atoms with Gasteiger partial charge in [-0.3, -0.25) is 0 Å². The van der Waals surface area contributed by atoms with Gasteiger partial charge in [0.2, 0.25) is 0 Å². The summed E-state index contributed by atoms with van der Waals surface area (Å²) in [4.78, 5) is 0. The molecule has 5 heteroatoms. The molecule has 1 aromatic carbocycles. The van der Waals surface area contributed by atoms with Crippen LogP contribution in [0.15, 0.2) is 10.5 Å². The molecule has 2 N–H and O–H groups in total. The number of halogens is 1. The zero-order valence-corrected chi connectivity index (χ0v) is 11.5. The molecule has 0 aliphatic carbocycles. The molecule has 0 spiro atoms. The van der Waals surface area contributed by atoms with Gasteiger partial charge in [-0.1, -0.05) is 0 Å². The van der Waals surface area contributed by atoms with Crippen LogP contribution >= 0.6 is 15.9 Å². The maximum atomic E-state index is 10.2. The molecule has 1 atom stereocenters. The van der Waals surface area contributed by atoms with Crippen LogP contribution in [-0.4, -0.2) is 31.9 Å². The number of phenols is 1. The second-order valence-electron chi connectivity index (χ2n) is 4.02. The number of hydrogen-bond acceptors (Lipinski definition) is 4. The van der Waals surface area contributed by atoms with Gasteiger partial charge in [0, 0.05) is 24.2 Å². The molecule has 1 saturated heterocycles. The zero-order valence-electron chi connectivity index (χ0n) is 9.92. The van der Waals surface area contributed by atoms with Crippen LogP contribution in [0.25, 0.3) is 0 Å². The number of benzene rings is 1. The topological polar surface area (TPSA) is 50.7 Å². The molecular formula is C12H16BrNO3. The van der Waals surface area contributed by atoms with Crippen LogP contribution < -0.4 is 10.1 Å². The fraction of sp³-hybridized carbons (Fsp3) is 0.500. The molecule has 1 unspecified atom stereocenters. The highest BCUT2D eigenvalue weighted by atomic mass is 79.9. The van der Waals surface area contributed by atoms with Crippen molar-refractivity contribution in [2.24, 2.45) is 0 Å². The molecule has 1 heterocycles. The summed E-state index contributed by atoms with van der Waals surface area (Å²) in [5.74, 6) is 0.911. The highest BCUT2D eigenvalue weighted by molar-refractivity contribution is 9.10. The molecule has 1 fully saturated rings. The van der Waals surface area contributed by atoms with Gasteiger partial charge in [0.1, 0.15) is 11.5 Å². The summed E-state index contributed by atoms with van der Waals surface area (Å²) >= 11 is 3.45. The summed E-state index contributed by atoms with van der Waals surface area (Å²) < 4.78 is 11.7. The molecule has 0 saturated carbocycles. The molecular weight excluding hydrogens is 286 g/mol. The Hall–Kier alpha value is -0.780. The third-order valence-electron chi connectivity index (χ3n) is 2.95. The minimum atomic E-state index is -0.107. The lowest BCUT2D eigenvalue weighted by molar-refractivity contribution is 0.0262. The Morgan fingerprint density at radius 1 is 1.59 bits per heavy atom. The Bertz CT molecular complexity index is 417. The average Bonchev–Trinajstić information content (AvgIpc) is 2.35. The van der Waals surface area contributed by atoms with Crippen LogP contribution in [0, 0.1) is 6.92 Å². The Kier molecular flexibility index (Phi) is 3.91. The van der Waals surface area contributed by atoms with Crippen molar-refractivity contribution in [3.63, 3.8) is 0 Å². The van der Waals surface area contributed by atoms with E-state index in [1.807, 2.05) is 13.0 Å². The number of hydrogen-bond donors (Lipinski definition) is 2. The van der Waals surface area contributed by atoms with Gasteiger partial charge in [0.25, 0.3) is 0 Å². The van der Waals surface area contributed by atoms with E-state index in [4.69, 9.17) is 9.47 Å². The monoisotopic (exact) mass is 301 g/mol. The third-order valence-corrected chi connectivity index (χ3v) is 3.54. The summed E-state index contributed by atoms with van der Waals surface area (Å²) in [6, 6.07) is 1.86. The minimum Gasteiger partial charge on any atom is -0.507 e. The standard InChI is InChI=1S/C12H16BrNO3/c1-7-11(15)8(5-9(13)12(7)16-2)10-6-14-3-4-17-10/h5,10,14-15H,3-4,6H2,1-2H3. The second kappa shape index (κ2) is 5.25. The van der Waals surface area contributed by atoms with Gasteiger partial charge in [-0.15, -0.1) is 0 Å². The van der Waals surface area contributed by atoms with Crippen molar-refractivity contribution in [2.45, 2.75) is 13.0 Å². The van der Waals surface area contributed by atoms with E-state index in [9.17, 15) is 5.11 Å². The molecule has 17 heavy (non-hydrogen) atoms. The first-order valence-electron chi connectivity index (χ1n) is 5.53. The Labute approximate surface area is 109 Å². The van der Waals surface area contributed by atoms with Gasteiger partial charge in [0.05, 0.1) is 24.3 Å². The van der Waals surface area contributed by atoms with Crippen molar-refractivity contribution in [3.8, 4) is 11.5 Å². The van der Waals surface area contributed by atoms with E-state index in [0.29, 0.717) is 18.9 Å². The summed E-state index contributed by atoms with van der Waals surface area (Å²) in [7, 11) is 1.59. The Morgan fingerprint density at radius 2 is 2.35 bits per heavy atom. The van der Waals surface area contributed by atoms with Crippen molar-refractivity contribution in [3.05, 3.63) is 21.7 Å². The van der Waals surface area contributed by atoms with Crippen molar-refractivity contribution in [1.29, 1.82) is 0 Å². The highest BCUT2D eigenvalue weighted by Gasteiger charge is 2.23. The lowest BCUT2D eigenvalue weighted by Gasteiger charge is -2.25. The third kappa shape index (κ3) is 2.41. The van der Waals surface area contributed by atoms with E-state index in [1.165, 1.54) is 0 Å². The first-order valence-corrected chi connectivity index (χ1v) is 6.32. The van der Waals surface area contributed by atoms with E-state index < -0.39 is 0 Å². The van der Waals surface area contributed by atoms with Gasteiger partial charge < -0.3 is 19.9 Å². The molecule has 0 bridgehead atoms. The molecule has 1 aromatic rings. The lowest BCUT2D eigenvalue weighted by Crippen LogP contribution is -2.33. The summed E-state index contributed by atoms with van der Waals surface area (Å²) in [5, 5.41) is 13.4. The molecule has 94 valence electrons. The average molecular weight is 302 g/mol. The number of phenolic OH excluding ortho intramolecular Hbond substituents is 1. The van der Waals surface area contributed by atoms with Crippen molar-refractivity contribution in [2.75, 3.05) is 26.8 Å². The quantitative estimate of drug-likeness (QED) is 0.879. The van der Waals surface area contributed by atoms with Crippen molar-refractivity contribution >= 4 is 15.9 Å². The van der Waals surface area contributed by atoms with Gasteiger partial charge in [-0.25, -0.2) is 0 Å². The summed E-state index contributed by atoms with van der Waals surface area (Å²) in [5.41, 5.74) is 1.52. The largest absolute Gasteiger partial charge is 0.507 e. The molecule has 0 aromatic heterocycles. The summed E-state index contributed by atoms with van der Waals surface area (Å²) in [6.07, 6.45) is -0.107. The first-order chi connectivity index (χ1) is 8.15. The molecule has 0 radical (unpaired) electrons. The predicted molar refractivity (Wildman–Crippen MR) is 68.7 cm³/mol. The maximum Gasteiger partial charge on any atom is 0.139 e. The first kappa shape index (κ1) is 12.7. The normalized spacial score (nSPS) is 20.3. The van der Waals surface area contributed by atoms with Gasteiger partial charge >= 0.3 is 0 Å². The van der Waals surface area contributed by atoms with Crippen molar-refractivity contribution in [1.82, 2.24) is 5.32 Å². The van der Waals surface area contributed by atoms with Gasteiger partial charge in [-0.2, -0.15) is 0 Å². The molecule has 2 rings (SSSR count). The fourth-order valence-corrected chi connectivity index (χ4v) is 2.74. The number of ether oxygens (including phenoxy) is 2. The van der Waals surface area contributed by atoms with Crippen LogP contribution in [0.5, 0.6) is 11.5 Å². The smallest absolute Gasteiger partial charge is 0.139 e. The predicted octanol–water partition coefficient (Wildman–Crippen LogP) is 2.13. The van der Waals surface area contributed by atoms with E-state index in [0.717, 1.165) is 22.1 Å². The van der Waals surface area contributed by atoms with E-state index in [-0.39, 0.29) is 11.9 Å². The van der Waals surface area contributed by atoms with E-state index >= 15 is 0 Å². The Morgan fingerprint density at radius 3 is 2.94 bits per heavy atom. The van der Waals surface area contributed by atoms with Crippen LogP contribution in [-0.2, 0) is 4.74 Å². The van der Waals surface area contributed by atoms with Gasteiger partial charge in [-0.05, 0) is 28.9 Å². The number of morpholine rings is 1. The fourth-order valence-electron chi connectivity index (χ4n) is 2.03. The zero-order chi connectivity index (χ0) is 12.4. The van der Waals surface area contributed by atoms with Gasteiger partial charge in [0.15, 0.2) is 0 Å². The van der Waals surface area contributed by atoms with Crippen LogP contribution in [0.1, 0.15) is 17.2 Å². The lowest BCUT2D eigenvalue weighted by atomic mass is 10.0. The maximum absolute atomic E-state index is 10.2. The molecule has 0 amide bonds. The summed E-state index contributed by atoms with van der Waals surface area (Å²) in [6.45, 7) is 4.06. The van der Waals surface area contributed by atoms with Crippen LogP contribution in [0.2, 0.25) is 0 Å². The number of aromatic hydroxyl groups is 1. The number of methoxy groups -OCH3 is 1. The molecule has 1 aliphatic heterocycles. The second-order valence-corrected chi connectivity index (χ2v) is 4.87. The SMILES string of the molecule is COc1c(Br)cc(C2CNCCO2)c(O)c1C. The van der Waals surface area contributed by atoms with E-state index in [1.54, 1.807) is 7.11 Å². The Balaban J connectivity index is 2.40. The van der Waals surface area contributed by atoms with Crippen molar-refractivity contribution < 1.29 is 14.6 Å². The highest BCUT2D eigenvalue weighted by Crippen LogP contribution is 2.40. The number of rotatable bonds is 2. The molecule has 4 nitrogen and oxygen atoms in total. The number of nitrogens with one attached hydrogen (secondary N) is 1. The van der Waals surface area contributed by atoms with E-state index in [2.05, 4.69) is 21.2 Å². The minimum absolute atomic E-state index is 0.107. The van der Waals surface area contributed by atoms with Crippen LogP contribution in [0.3, 0.4) is 0 Å². The van der Waals surface area contributed by atoms with Crippen LogP contribution in [0.4, 0.5) is 0 Å².